The molecule has 0 heterocycles. The second kappa shape index (κ2) is 5.54. The Hall–Kier alpha value is -1.51. The summed E-state index contributed by atoms with van der Waals surface area (Å²) in [5, 5.41) is 9.25. The van der Waals surface area contributed by atoms with Crippen LogP contribution in [-0.2, 0) is 4.79 Å². The van der Waals surface area contributed by atoms with Crippen LogP contribution in [-0.4, -0.2) is 18.2 Å². The zero-order chi connectivity index (χ0) is 12.1. The van der Waals surface area contributed by atoms with E-state index in [2.05, 4.69) is 0 Å². The lowest BCUT2D eigenvalue weighted by Gasteiger charge is -2.19. The van der Waals surface area contributed by atoms with Gasteiger partial charge in [-0.15, -0.1) is 0 Å². The third-order valence-electron chi connectivity index (χ3n) is 2.93. The molecule has 0 bridgehead atoms. The van der Waals surface area contributed by atoms with Crippen molar-refractivity contribution in [1.29, 1.82) is 0 Å². The lowest BCUT2D eigenvalue weighted by molar-refractivity contribution is -0.140. The molecule has 0 aliphatic carbocycles. The first-order valence-corrected chi connectivity index (χ1v) is 5.46. The summed E-state index contributed by atoms with van der Waals surface area (Å²) < 4.78 is 5.11. The maximum Gasteiger partial charge on any atom is 0.311 e. The van der Waals surface area contributed by atoms with E-state index in [0.717, 1.165) is 12.0 Å². The molecule has 0 unspecified atom stereocenters. The molecule has 1 aromatic rings. The summed E-state index contributed by atoms with van der Waals surface area (Å²) in [6.45, 7) is 3.96. The third-order valence-corrected chi connectivity index (χ3v) is 2.93. The van der Waals surface area contributed by atoms with Crippen LogP contribution in [0, 0.1) is 5.92 Å². The minimum atomic E-state index is -0.775. The van der Waals surface area contributed by atoms with Crippen molar-refractivity contribution in [2.24, 2.45) is 5.92 Å². The topological polar surface area (TPSA) is 46.5 Å². The molecule has 0 saturated heterocycles. The first-order chi connectivity index (χ1) is 7.60. The van der Waals surface area contributed by atoms with E-state index in [1.807, 2.05) is 32.0 Å². The predicted octanol–water partition coefficient (Wildman–Crippen LogP) is 2.91. The Morgan fingerprint density at radius 2 is 2.19 bits per heavy atom. The van der Waals surface area contributed by atoms with Gasteiger partial charge in [-0.1, -0.05) is 32.4 Å². The number of carboxylic acid groups (broad SMARTS) is 1. The molecular weight excluding hydrogens is 204 g/mol. The van der Waals surface area contributed by atoms with E-state index in [0.29, 0.717) is 5.75 Å². The number of ether oxygens (including phenoxy) is 1. The van der Waals surface area contributed by atoms with Crippen molar-refractivity contribution in [3.8, 4) is 5.75 Å². The Kier molecular flexibility index (Phi) is 4.35. The molecule has 0 aromatic heterocycles. The Balaban J connectivity index is 3.05. The molecule has 0 radical (unpaired) electrons. The molecule has 0 aliphatic rings. The maximum atomic E-state index is 11.3. The predicted molar refractivity (Wildman–Crippen MR) is 62.8 cm³/mol. The van der Waals surface area contributed by atoms with Gasteiger partial charge in [0.1, 0.15) is 5.75 Å². The van der Waals surface area contributed by atoms with Crippen molar-refractivity contribution in [2.45, 2.75) is 26.2 Å². The molecule has 0 spiro atoms. The molecule has 2 atom stereocenters. The average molecular weight is 222 g/mol. The third kappa shape index (κ3) is 2.75. The van der Waals surface area contributed by atoms with Crippen LogP contribution in [0.3, 0.4) is 0 Å². The SMILES string of the molecule is CC[C@@H](C)[C@@H](C(=O)O)c1cccc(OC)c1. The Morgan fingerprint density at radius 3 is 2.69 bits per heavy atom. The van der Waals surface area contributed by atoms with Gasteiger partial charge in [0, 0.05) is 0 Å². The largest absolute Gasteiger partial charge is 0.497 e. The average Bonchev–Trinajstić information content (AvgIpc) is 2.29. The van der Waals surface area contributed by atoms with Crippen LogP contribution < -0.4 is 4.74 Å². The molecule has 16 heavy (non-hydrogen) atoms. The van der Waals surface area contributed by atoms with E-state index in [1.54, 1.807) is 13.2 Å². The number of aliphatic carboxylic acids is 1. The summed E-state index contributed by atoms with van der Waals surface area (Å²) >= 11 is 0. The van der Waals surface area contributed by atoms with Crippen LogP contribution in [0.15, 0.2) is 24.3 Å². The van der Waals surface area contributed by atoms with Gasteiger partial charge in [-0.25, -0.2) is 0 Å². The van der Waals surface area contributed by atoms with E-state index in [-0.39, 0.29) is 5.92 Å². The maximum absolute atomic E-state index is 11.3. The van der Waals surface area contributed by atoms with Crippen LogP contribution in [0.2, 0.25) is 0 Å². The van der Waals surface area contributed by atoms with Crippen molar-refractivity contribution in [1.82, 2.24) is 0 Å². The summed E-state index contributed by atoms with van der Waals surface area (Å²) in [6.07, 6.45) is 0.841. The van der Waals surface area contributed by atoms with Gasteiger partial charge in [-0.05, 0) is 23.6 Å². The lowest BCUT2D eigenvalue weighted by atomic mass is 9.85. The summed E-state index contributed by atoms with van der Waals surface area (Å²) in [6, 6.07) is 7.28. The number of rotatable bonds is 5. The molecule has 3 heteroatoms. The molecule has 1 rings (SSSR count). The van der Waals surface area contributed by atoms with Crippen molar-refractivity contribution in [2.75, 3.05) is 7.11 Å². The summed E-state index contributed by atoms with van der Waals surface area (Å²) in [4.78, 5) is 11.3. The van der Waals surface area contributed by atoms with Crippen molar-refractivity contribution in [3.05, 3.63) is 29.8 Å². The van der Waals surface area contributed by atoms with Crippen LogP contribution in [0.4, 0.5) is 0 Å². The quantitative estimate of drug-likeness (QED) is 0.833. The smallest absolute Gasteiger partial charge is 0.311 e. The van der Waals surface area contributed by atoms with Gasteiger partial charge in [0.25, 0.3) is 0 Å². The van der Waals surface area contributed by atoms with Gasteiger partial charge in [-0.2, -0.15) is 0 Å². The fourth-order valence-electron chi connectivity index (χ4n) is 1.79. The molecule has 0 fully saturated rings. The fraction of sp³-hybridized carbons (Fsp3) is 0.462. The molecule has 0 saturated carbocycles. The zero-order valence-electron chi connectivity index (χ0n) is 9.93. The van der Waals surface area contributed by atoms with Gasteiger partial charge >= 0.3 is 5.97 Å². The minimum Gasteiger partial charge on any atom is -0.497 e. The lowest BCUT2D eigenvalue weighted by Crippen LogP contribution is -2.19. The van der Waals surface area contributed by atoms with Gasteiger partial charge < -0.3 is 9.84 Å². The second-order valence-corrected chi connectivity index (χ2v) is 3.98. The number of hydrogen-bond donors (Lipinski definition) is 1. The molecule has 3 nitrogen and oxygen atoms in total. The van der Waals surface area contributed by atoms with Gasteiger partial charge in [-0.3, -0.25) is 4.79 Å². The minimum absolute atomic E-state index is 0.115. The number of hydrogen-bond acceptors (Lipinski definition) is 2. The highest BCUT2D eigenvalue weighted by molar-refractivity contribution is 5.76. The summed E-state index contributed by atoms with van der Waals surface area (Å²) in [7, 11) is 1.58. The molecule has 0 amide bonds. The van der Waals surface area contributed by atoms with Crippen LogP contribution in [0.25, 0.3) is 0 Å². The van der Waals surface area contributed by atoms with Crippen molar-refractivity contribution in [3.63, 3.8) is 0 Å². The first kappa shape index (κ1) is 12.6. The highest BCUT2D eigenvalue weighted by Gasteiger charge is 2.25. The van der Waals surface area contributed by atoms with E-state index in [4.69, 9.17) is 4.74 Å². The van der Waals surface area contributed by atoms with E-state index >= 15 is 0 Å². The Bertz CT molecular complexity index is 360. The van der Waals surface area contributed by atoms with Crippen molar-refractivity contribution < 1.29 is 14.6 Å². The zero-order valence-corrected chi connectivity index (χ0v) is 9.93. The van der Waals surface area contributed by atoms with Crippen LogP contribution in [0.1, 0.15) is 31.7 Å². The Labute approximate surface area is 96.1 Å². The number of carbonyl (C=O) groups is 1. The van der Waals surface area contributed by atoms with Gasteiger partial charge in [0.15, 0.2) is 0 Å². The molecule has 1 aromatic carbocycles. The van der Waals surface area contributed by atoms with Crippen molar-refractivity contribution >= 4 is 5.97 Å². The molecule has 0 aliphatic heterocycles. The second-order valence-electron chi connectivity index (χ2n) is 3.98. The number of carboxylic acids is 1. The summed E-state index contributed by atoms with van der Waals surface area (Å²) in [5.74, 6) is -0.417. The van der Waals surface area contributed by atoms with E-state index in [9.17, 15) is 9.90 Å². The van der Waals surface area contributed by atoms with E-state index in [1.165, 1.54) is 0 Å². The fourth-order valence-corrected chi connectivity index (χ4v) is 1.79. The number of methoxy groups -OCH3 is 1. The highest BCUT2D eigenvalue weighted by atomic mass is 16.5. The van der Waals surface area contributed by atoms with Gasteiger partial charge in [0.05, 0.1) is 13.0 Å². The molecular formula is C13H18O3. The van der Waals surface area contributed by atoms with Gasteiger partial charge in [0.2, 0.25) is 0 Å². The normalized spacial score (nSPS) is 14.2. The summed E-state index contributed by atoms with van der Waals surface area (Å²) in [5.41, 5.74) is 0.807. The van der Waals surface area contributed by atoms with Crippen LogP contribution in [0.5, 0.6) is 5.75 Å². The first-order valence-electron chi connectivity index (χ1n) is 5.46. The Morgan fingerprint density at radius 1 is 1.50 bits per heavy atom. The monoisotopic (exact) mass is 222 g/mol. The van der Waals surface area contributed by atoms with Crippen LogP contribution >= 0.6 is 0 Å². The molecule has 88 valence electrons. The number of benzene rings is 1. The van der Waals surface area contributed by atoms with E-state index < -0.39 is 11.9 Å². The standard InChI is InChI=1S/C13H18O3/c1-4-9(2)12(13(14)15)10-6-5-7-11(8-10)16-3/h5-9,12H,4H2,1-3H3,(H,14,15)/t9-,12-/m1/s1. The highest BCUT2D eigenvalue weighted by Crippen LogP contribution is 2.29. The molecule has 1 N–H and O–H groups in total.